The molecule has 0 aliphatic rings. The van der Waals surface area contributed by atoms with Crippen LogP contribution in [0, 0.1) is 5.92 Å². The quantitative estimate of drug-likeness (QED) is 0.816. The van der Waals surface area contributed by atoms with Gasteiger partial charge in [-0.15, -0.1) is 0 Å². The van der Waals surface area contributed by atoms with Crippen LogP contribution in [0.15, 0.2) is 54.6 Å². The third-order valence-corrected chi connectivity index (χ3v) is 3.85. The lowest BCUT2D eigenvalue weighted by molar-refractivity contribution is -0.124. The average molecular weight is 327 g/mol. The molecule has 2 atom stereocenters. The van der Waals surface area contributed by atoms with E-state index in [0.29, 0.717) is 5.75 Å². The highest BCUT2D eigenvalue weighted by atomic mass is 16.5. The summed E-state index contributed by atoms with van der Waals surface area (Å²) in [6.07, 6.45) is -0.564. The van der Waals surface area contributed by atoms with Crippen LogP contribution >= 0.6 is 0 Å². The Labute approximate surface area is 143 Å². The predicted molar refractivity (Wildman–Crippen MR) is 94.7 cm³/mol. The van der Waals surface area contributed by atoms with Crippen molar-refractivity contribution in [3.63, 3.8) is 0 Å². The minimum absolute atomic E-state index is 0.0499. The second-order valence-corrected chi connectivity index (χ2v) is 6.24. The van der Waals surface area contributed by atoms with Crippen LogP contribution in [-0.4, -0.2) is 17.6 Å². The van der Waals surface area contributed by atoms with Crippen LogP contribution in [0.2, 0.25) is 0 Å². The molecule has 0 bridgehead atoms. The molecule has 2 aromatic carbocycles. The number of aliphatic hydroxyl groups excluding tert-OH is 1. The van der Waals surface area contributed by atoms with Crippen molar-refractivity contribution in [3.05, 3.63) is 65.7 Å². The minimum Gasteiger partial charge on any atom is -0.484 e. The van der Waals surface area contributed by atoms with Gasteiger partial charge in [-0.2, -0.15) is 0 Å². The van der Waals surface area contributed by atoms with E-state index in [1.165, 1.54) is 0 Å². The molecule has 0 aliphatic carbocycles. The third kappa shape index (κ3) is 5.10. The lowest BCUT2D eigenvalue weighted by Gasteiger charge is -2.23. The van der Waals surface area contributed by atoms with Gasteiger partial charge in [-0.1, -0.05) is 56.3 Å². The highest BCUT2D eigenvalue weighted by Crippen LogP contribution is 2.22. The number of carbonyl (C=O) groups is 1. The molecule has 0 aliphatic heterocycles. The fourth-order valence-corrected chi connectivity index (χ4v) is 2.52. The summed E-state index contributed by atoms with van der Waals surface area (Å²) in [6.45, 7) is 5.79. The van der Waals surface area contributed by atoms with Crippen molar-refractivity contribution < 1.29 is 14.6 Å². The normalized spacial score (nSPS) is 13.4. The number of hydrogen-bond acceptors (Lipinski definition) is 3. The number of benzene rings is 2. The van der Waals surface area contributed by atoms with Gasteiger partial charge in [-0.25, -0.2) is 0 Å². The summed E-state index contributed by atoms with van der Waals surface area (Å²) < 4.78 is 5.55. The summed E-state index contributed by atoms with van der Waals surface area (Å²) in [5.74, 6) is 0.680. The fourth-order valence-electron chi connectivity index (χ4n) is 2.52. The third-order valence-electron chi connectivity index (χ3n) is 3.85. The number of nitrogens with one attached hydrogen (secondary N) is 1. The first-order chi connectivity index (χ1) is 11.5. The first-order valence-corrected chi connectivity index (χ1v) is 8.22. The van der Waals surface area contributed by atoms with Crippen molar-refractivity contribution in [2.45, 2.75) is 32.9 Å². The van der Waals surface area contributed by atoms with Crippen molar-refractivity contribution >= 4 is 5.91 Å². The molecule has 2 aromatic rings. The zero-order valence-corrected chi connectivity index (χ0v) is 14.4. The second kappa shape index (κ2) is 8.50. The highest BCUT2D eigenvalue weighted by molar-refractivity contribution is 5.78. The number of hydrogen-bond donors (Lipinski definition) is 2. The standard InChI is InChI=1S/C20H25NO3/c1-14(2)20(16-8-5-4-6-9-16)21-19(23)13-24-18-11-7-10-17(12-18)15(3)22/h4-12,14-15,20,22H,13H2,1-3H3,(H,21,23). The molecule has 0 heterocycles. The van der Waals surface area contributed by atoms with Crippen molar-refractivity contribution in [1.29, 1.82) is 0 Å². The Bertz CT molecular complexity index is 653. The largest absolute Gasteiger partial charge is 0.484 e. The number of carbonyl (C=O) groups excluding carboxylic acids is 1. The zero-order valence-electron chi connectivity index (χ0n) is 14.4. The van der Waals surface area contributed by atoms with E-state index in [1.54, 1.807) is 25.1 Å². The van der Waals surface area contributed by atoms with Gasteiger partial charge in [-0.3, -0.25) is 4.79 Å². The van der Waals surface area contributed by atoms with E-state index >= 15 is 0 Å². The van der Waals surface area contributed by atoms with Gasteiger partial charge in [-0.05, 0) is 36.1 Å². The number of ether oxygens (including phenoxy) is 1. The molecule has 24 heavy (non-hydrogen) atoms. The van der Waals surface area contributed by atoms with E-state index in [4.69, 9.17) is 4.74 Å². The molecule has 1 amide bonds. The van der Waals surface area contributed by atoms with Crippen molar-refractivity contribution in [3.8, 4) is 5.75 Å². The lowest BCUT2D eigenvalue weighted by atomic mass is 9.96. The van der Waals surface area contributed by atoms with Crippen LogP contribution in [0.25, 0.3) is 0 Å². The Hall–Kier alpha value is -2.33. The molecule has 0 spiro atoms. The maximum absolute atomic E-state index is 12.2. The molecule has 0 aromatic heterocycles. The first kappa shape index (κ1) is 18.0. The van der Waals surface area contributed by atoms with Gasteiger partial charge in [0.25, 0.3) is 5.91 Å². The van der Waals surface area contributed by atoms with Crippen LogP contribution in [0.1, 0.15) is 44.0 Å². The van der Waals surface area contributed by atoms with E-state index in [1.807, 2.05) is 36.4 Å². The van der Waals surface area contributed by atoms with Gasteiger partial charge in [0.15, 0.2) is 6.61 Å². The van der Waals surface area contributed by atoms with Crippen LogP contribution in [-0.2, 0) is 4.79 Å². The number of aliphatic hydroxyl groups is 1. The van der Waals surface area contributed by atoms with Crippen LogP contribution in [0.4, 0.5) is 0 Å². The minimum atomic E-state index is -0.564. The van der Waals surface area contributed by atoms with E-state index in [-0.39, 0.29) is 24.5 Å². The topological polar surface area (TPSA) is 58.6 Å². The van der Waals surface area contributed by atoms with Gasteiger partial charge < -0.3 is 15.2 Å². The average Bonchev–Trinajstić information content (AvgIpc) is 2.58. The molecule has 0 saturated heterocycles. The van der Waals surface area contributed by atoms with Gasteiger partial charge in [0.05, 0.1) is 12.1 Å². The Morgan fingerprint density at radius 3 is 2.33 bits per heavy atom. The maximum Gasteiger partial charge on any atom is 0.258 e. The smallest absolute Gasteiger partial charge is 0.258 e. The summed E-state index contributed by atoms with van der Waals surface area (Å²) >= 11 is 0. The van der Waals surface area contributed by atoms with Gasteiger partial charge in [0.1, 0.15) is 5.75 Å². The van der Waals surface area contributed by atoms with E-state index < -0.39 is 6.10 Å². The molecule has 4 heteroatoms. The summed E-state index contributed by atoms with van der Waals surface area (Å²) in [6, 6.07) is 17.0. The van der Waals surface area contributed by atoms with E-state index in [2.05, 4.69) is 19.2 Å². The van der Waals surface area contributed by atoms with Crippen LogP contribution < -0.4 is 10.1 Å². The maximum atomic E-state index is 12.2. The van der Waals surface area contributed by atoms with Crippen molar-refractivity contribution in [1.82, 2.24) is 5.32 Å². The molecular weight excluding hydrogens is 302 g/mol. The van der Waals surface area contributed by atoms with Gasteiger partial charge >= 0.3 is 0 Å². The SMILES string of the molecule is CC(O)c1cccc(OCC(=O)NC(c2ccccc2)C(C)C)c1. The van der Waals surface area contributed by atoms with E-state index in [0.717, 1.165) is 11.1 Å². The monoisotopic (exact) mass is 327 g/mol. The molecule has 2 rings (SSSR count). The van der Waals surface area contributed by atoms with Crippen molar-refractivity contribution in [2.75, 3.05) is 6.61 Å². The number of rotatable bonds is 7. The lowest BCUT2D eigenvalue weighted by Crippen LogP contribution is -2.35. The van der Waals surface area contributed by atoms with Gasteiger partial charge in [0.2, 0.25) is 0 Å². The summed E-state index contributed by atoms with van der Waals surface area (Å²) in [4.78, 5) is 12.2. The molecule has 0 radical (unpaired) electrons. The Morgan fingerprint density at radius 2 is 1.71 bits per heavy atom. The zero-order chi connectivity index (χ0) is 17.5. The fraction of sp³-hybridized carbons (Fsp3) is 0.350. The molecule has 128 valence electrons. The molecular formula is C20H25NO3. The first-order valence-electron chi connectivity index (χ1n) is 8.22. The molecule has 2 N–H and O–H groups in total. The summed E-state index contributed by atoms with van der Waals surface area (Å²) in [5, 5.41) is 12.6. The van der Waals surface area contributed by atoms with Gasteiger partial charge in [0, 0.05) is 0 Å². The van der Waals surface area contributed by atoms with E-state index in [9.17, 15) is 9.90 Å². The number of amides is 1. The molecule has 4 nitrogen and oxygen atoms in total. The Kier molecular flexibility index (Phi) is 6.38. The van der Waals surface area contributed by atoms with Crippen molar-refractivity contribution in [2.24, 2.45) is 5.92 Å². The summed E-state index contributed by atoms with van der Waals surface area (Å²) in [7, 11) is 0. The Balaban J connectivity index is 1.95. The summed E-state index contributed by atoms with van der Waals surface area (Å²) in [5.41, 5.74) is 1.84. The molecule has 0 fully saturated rings. The van der Waals surface area contributed by atoms with Crippen LogP contribution in [0.5, 0.6) is 5.75 Å². The predicted octanol–water partition coefficient (Wildman–Crippen LogP) is 3.63. The molecule has 2 unspecified atom stereocenters. The second-order valence-electron chi connectivity index (χ2n) is 6.24. The highest BCUT2D eigenvalue weighted by Gasteiger charge is 2.18. The molecule has 0 saturated carbocycles. The van der Waals surface area contributed by atoms with Crippen LogP contribution in [0.3, 0.4) is 0 Å². The Morgan fingerprint density at radius 1 is 1.04 bits per heavy atom.